The van der Waals surface area contributed by atoms with E-state index in [1.165, 1.54) is 0 Å². The molecule has 0 spiro atoms. The molecule has 0 bridgehead atoms. The lowest BCUT2D eigenvalue weighted by Crippen LogP contribution is -2.51. The van der Waals surface area contributed by atoms with Crippen LogP contribution in [0.4, 0.5) is 0 Å². The van der Waals surface area contributed by atoms with Crippen LogP contribution >= 0.6 is 0 Å². The molecule has 0 aromatic carbocycles. The van der Waals surface area contributed by atoms with Crippen LogP contribution in [0.3, 0.4) is 0 Å². The van der Waals surface area contributed by atoms with Crippen LogP contribution in [0.1, 0.15) is 19.8 Å². The standard InChI is InChI=1S/C9H14N2O/c1-3-7(2)11-6-4-5-8(10)9(11)12/h1,7-8H,4-6,10H2,2H3. The Morgan fingerprint density at radius 1 is 1.83 bits per heavy atom. The van der Waals surface area contributed by atoms with Gasteiger partial charge in [0.05, 0.1) is 12.1 Å². The molecule has 0 saturated carbocycles. The van der Waals surface area contributed by atoms with Crippen molar-refractivity contribution in [2.75, 3.05) is 6.54 Å². The van der Waals surface area contributed by atoms with Gasteiger partial charge in [-0.3, -0.25) is 4.79 Å². The molecule has 1 saturated heterocycles. The molecule has 0 aromatic rings. The maximum atomic E-state index is 11.4. The number of rotatable bonds is 1. The van der Waals surface area contributed by atoms with E-state index < -0.39 is 0 Å². The Bertz CT molecular complexity index is 219. The Hall–Kier alpha value is -1.01. The highest BCUT2D eigenvalue weighted by molar-refractivity contribution is 5.82. The van der Waals surface area contributed by atoms with Crippen LogP contribution in [0, 0.1) is 12.3 Å². The molecule has 2 unspecified atom stereocenters. The summed E-state index contributed by atoms with van der Waals surface area (Å²) in [6.45, 7) is 2.59. The number of piperidine rings is 1. The van der Waals surface area contributed by atoms with Gasteiger partial charge in [-0.05, 0) is 19.8 Å². The average Bonchev–Trinajstić information content (AvgIpc) is 2.08. The molecule has 0 radical (unpaired) electrons. The molecule has 1 aliphatic rings. The van der Waals surface area contributed by atoms with Gasteiger partial charge in [-0.25, -0.2) is 0 Å². The van der Waals surface area contributed by atoms with Crippen LogP contribution < -0.4 is 5.73 Å². The lowest BCUT2D eigenvalue weighted by molar-refractivity contribution is -0.135. The molecule has 1 heterocycles. The van der Waals surface area contributed by atoms with Crippen molar-refractivity contribution in [3.63, 3.8) is 0 Å². The highest BCUT2D eigenvalue weighted by Crippen LogP contribution is 2.12. The Morgan fingerprint density at radius 2 is 2.50 bits per heavy atom. The fourth-order valence-corrected chi connectivity index (χ4v) is 1.40. The topological polar surface area (TPSA) is 46.3 Å². The molecule has 2 N–H and O–H groups in total. The molecule has 66 valence electrons. The highest BCUT2D eigenvalue weighted by atomic mass is 16.2. The molecule has 3 heteroatoms. The fourth-order valence-electron chi connectivity index (χ4n) is 1.40. The summed E-state index contributed by atoms with van der Waals surface area (Å²) in [6, 6.07) is -0.460. The second-order valence-corrected chi connectivity index (χ2v) is 3.12. The number of carbonyl (C=O) groups is 1. The van der Waals surface area contributed by atoms with E-state index >= 15 is 0 Å². The Balaban J connectivity index is 2.65. The van der Waals surface area contributed by atoms with Gasteiger partial charge < -0.3 is 10.6 Å². The second kappa shape index (κ2) is 3.59. The van der Waals surface area contributed by atoms with Gasteiger partial charge in [-0.15, -0.1) is 6.42 Å². The summed E-state index contributed by atoms with van der Waals surface area (Å²) in [7, 11) is 0. The van der Waals surface area contributed by atoms with Gasteiger partial charge in [0.1, 0.15) is 0 Å². The minimum Gasteiger partial charge on any atom is -0.328 e. The summed E-state index contributed by atoms with van der Waals surface area (Å²) in [5, 5.41) is 0. The quantitative estimate of drug-likeness (QED) is 0.555. The lowest BCUT2D eigenvalue weighted by Gasteiger charge is -2.32. The lowest BCUT2D eigenvalue weighted by atomic mass is 10.0. The monoisotopic (exact) mass is 166 g/mol. The van der Waals surface area contributed by atoms with Gasteiger partial charge in [0, 0.05) is 6.54 Å². The van der Waals surface area contributed by atoms with E-state index in [-0.39, 0.29) is 18.0 Å². The molecule has 1 rings (SSSR count). The zero-order chi connectivity index (χ0) is 9.14. The van der Waals surface area contributed by atoms with Crippen molar-refractivity contribution in [2.45, 2.75) is 31.8 Å². The summed E-state index contributed by atoms with van der Waals surface area (Å²) in [6.07, 6.45) is 6.97. The van der Waals surface area contributed by atoms with E-state index in [2.05, 4.69) is 5.92 Å². The van der Waals surface area contributed by atoms with E-state index in [1.54, 1.807) is 4.90 Å². The minimum atomic E-state index is -0.338. The van der Waals surface area contributed by atoms with Crippen LogP contribution in [-0.4, -0.2) is 29.4 Å². The zero-order valence-electron chi connectivity index (χ0n) is 7.29. The van der Waals surface area contributed by atoms with Crippen LogP contribution in [0.15, 0.2) is 0 Å². The van der Waals surface area contributed by atoms with Gasteiger partial charge >= 0.3 is 0 Å². The molecule has 1 fully saturated rings. The number of likely N-dealkylation sites (tertiary alicyclic amines) is 1. The molecule has 12 heavy (non-hydrogen) atoms. The normalized spacial score (nSPS) is 26.6. The summed E-state index contributed by atoms with van der Waals surface area (Å²) in [5.41, 5.74) is 5.60. The third-order valence-electron chi connectivity index (χ3n) is 2.22. The minimum absolute atomic E-state index is 0.00769. The van der Waals surface area contributed by atoms with E-state index in [0.29, 0.717) is 0 Å². The van der Waals surface area contributed by atoms with E-state index in [1.807, 2.05) is 6.92 Å². The van der Waals surface area contributed by atoms with Gasteiger partial charge in [0.15, 0.2) is 0 Å². The van der Waals surface area contributed by atoms with Crippen molar-refractivity contribution in [3.05, 3.63) is 0 Å². The Morgan fingerprint density at radius 3 is 3.08 bits per heavy atom. The third-order valence-corrected chi connectivity index (χ3v) is 2.22. The predicted molar refractivity (Wildman–Crippen MR) is 47.2 cm³/mol. The third kappa shape index (κ3) is 1.59. The summed E-state index contributed by atoms with van der Waals surface area (Å²) in [5.74, 6) is 2.53. The first-order valence-corrected chi connectivity index (χ1v) is 4.19. The molecule has 3 nitrogen and oxygen atoms in total. The molecule has 1 aliphatic heterocycles. The molecule has 0 aliphatic carbocycles. The second-order valence-electron chi connectivity index (χ2n) is 3.12. The fraction of sp³-hybridized carbons (Fsp3) is 0.667. The van der Waals surface area contributed by atoms with Crippen LogP contribution in [0.5, 0.6) is 0 Å². The zero-order valence-corrected chi connectivity index (χ0v) is 7.29. The number of hydrogen-bond acceptors (Lipinski definition) is 2. The molecule has 1 amide bonds. The van der Waals surface area contributed by atoms with Crippen molar-refractivity contribution in [1.29, 1.82) is 0 Å². The molecular weight excluding hydrogens is 152 g/mol. The molecule has 2 atom stereocenters. The largest absolute Gasteiger partial charge is 0.328 e. The predicted octanol–water partition coefficient (Wildman–Crippen LogP) is -0.0422. The van der Waals surface area contributed by atoms with E-state index in [0.717, 1.165) is 19.4 Å². The number of nitrogens with zero attached hydrogens (tertiary/aromatic N) is 1. The number of hydrogen-bond donors (Lipinski definition) is 1. The first-order valence-electron chi connectivity index (χ1n) is 4.19. The van der Waals surface area contributed by atoms with Gasteiger partial charge in [-0.2, -0.15) is 0 Å². The molecular formula is C9H14N2O. The Labute approximate surface area is 72.9 Å². The van der Waals surface area contributed by atoms with Crippen LogP contribution in [0.2, 0.25) is 0 Å². The first-order chi connectivity index (χ1) is 5.66. The van der Waals surface area contributed by atoms with Gasteiger partial charge in [0.25, 0.3) is 0 Å². The number of nitrogens with two attached hydrogens (primary N) is 1. The average molecular weight is 166 g/mol. The van der Waals surface area contributed by atoms with Crippen molar-refractivity contribution in [3.8, 4) is 12.3 Å². The van der Waals surface area contributed by atoms with Crippen molar-refractivity contribution < 1.29 is 4.79 Å². The van der Waals surface area contributed by atoms with Gasteiger partial charge in [0.2, 0.25) is 5.91 Å². The smallest absolute Gasteiger partial charge is 0.240 e. The Kier molecular flexibility index (Phi) is 2.72. The summed E-state index contributed by atoms with van der Waals surface area (Å²) < 4.78 is 0. The number of amides is 1. The van der Waals surface area contributed by atoms with Crippen molar-refractivity contribution in [1.82, 2.24) is 4.90 Å². The van der Waals surface area contributed by atoms with Gasteiger partial charge in [-0.1, -0.05) is 5.92 Å². The summed E-state index contributed by atoms with van der Waals surface area (Å²) in [4.78, 5) is 13.1. The summed E-state index contributed by atoms with van der Waals surface area (Å²) >= 11 is 0. The van der Waals surface area contributed by atoms with Crippen molar-refractivity contribution in [2.24, 2.45) is 5.73 Å². The number of carbonyl (C=O) groups excluding carboxylic acids is 1. The SMILES string of the molecule is C#CC(C)N1CCCC(N)C1=O. The van der Waals surface area contributed by atoms with Crippen molar-refractivity contribution >= 4 is 5.91 Å². The maximum Gasteiger partial charge on any atom is 0.240 e. The first kappa shape index (κ1) is 9.08. The van der Waals surface area contributed by atoms with E-state index in [4.69, 9.17) is 12.2 Å². The van der Waals surface area contributed by atoms with Crippen LogP contribution in [-0.2, 0) is 4.79 Å². The maximum absolute atomic E-state index is 11.4. The highest BCUT2D eigenvalue weighted by Gasteiger charge is 2.27. The van der Waals surface area contributed by atoms with Crippen LogP contribution in [0.25, 0.3) is 0 Å². The number of terminal acetylenes is 1. The molecule has 0 aromatic heterocycles. The van der Waals surface area contributed by atoms with E-state index in [9.17, 15) is 4.79 Å².